The maximum absolute atomic E-state index is 13.4. The molecule has 6 heteroatoms. The van der Waals surface area contributed by atoms with Gasteiger partial charge in [-0.2, -0.15) is 0 Å². The van der Waals surface area contributed by atoms with Crippen LogP contribution in [0.4, 0.5) is 0 Å². The molecule has 2 N–H and O–H groups in total. The Hall–Kier alpha value is -2.37. The summed E-state index contributed by atoms with van der Waals surface area (Å²) in [4.78, 5) is 28.7. The van der Waals surface area contributed by atoms with Crippen molar-refractivity contribution < 1.29 is 9.59 Å². The van der Waals surface area contributed by atoms with Gasteiger partial charge in [0.25, 0.3) is 5.91 Å². The third-order valence-electron chi connectivity index (χ3n) is 7.12. The van der Waals surface area contributed by atoms with Crippen molar-refractivity contribution in [2.75, 3.05) is 13.1 Å². The quantitative estimate of drug-likeness (QED) is 0.762. The number of carbonyl (C=O) groups is 2. The number of carbonyl (C=O) groups excluding carboxylic acids is 2. The first-order valence-corrected chi connectivity index (χ1v) is 11.6. The van der Waals surface area contributed by atoms with Crippen LogP contribution in [0.5, 0.6) is 0 Å². The van der Waals surface area contributed by atoms with Gasteiger partial charge in [-0.3, -0.25) is 9.59 Å². The van der Waals surface area contributed by atoms with E-state index in [2.05, 4.69) is 10.6 Å². The van der Waals surface area contributed by atoms with Crippen molar-refractivity contribution in [2.45, 2.75) is 50.7 Å². The fourth-order valence-electron chi connectivity index (χ4n) is 5.57. The smallest absolute Gasteiger partial charge is 0.252 e. The molecular formula is C25H28ClN3O2. The zero-order chi connectivity index (χ0) is 21.5. The van der Waals surface area contributed by atoms with E-state index in [0.29, 0.717) is 17.1 Å². The Balaban J connectivity index is 1.49. The number of nitrogens with zero attached hydrogens (tertiary/aromatic N) is 1. The molecule has 4 atom stereocenters. The van der Waals surface area contributed by atoms with E-state index in [-0.39, 0.29) is 35.9 Å². The monoisotopic (exact) mass is 437 g/mol. The Bertz CT molecular complexity index is 1010. The summed E-state index contributed by atoms with van der Waals surface area (Å²) in [6.07, 6.45) is 3.58. The minimum Gasteiger partial charge on any atom is -0.346 e. The lowest BCUT2D eigenvalue weighted by Gasteiger charge is -2.48. The predicted octanol–water partition coefficient (Wildman–Crippen LogP) is 4.03. The number of nitrogens with one attached hydrogen (secondary N) is 2. The molecule has 0 aliphatic carbocycles. The lowest BCUT2D eigenvalue weighted by atomic mass is 9.76. The van der Waals surface area contributed by atoms with E-state index in [1.54, 1.807) is 6.07 Å². The van der Waals surface area contributed by atoms with Crippen LogP contribution in [0.15, 0.2) is 42.5 Å². The molecule has 2 fully saturated rings. The van der Waals surface area contributed by atoms with E-state index < -0.39 is 0 Å². The summed E-state index contributed by atoms with van der Waals surface area (Å²) < 4.78 is 0. The Kier molecular flexibility index (Phi) is 5.49. The van der Waals surface area contributed by atoms with Gasteiger partial charge >= 0.3 is 0 Å². The zero-order valence-corrected chi connectivity index (χ0v) is 18.5. The van der Waals surface area contributed by atoms with Gasteiger partial charge in [0.2, 0.25) is 5.91 Å². The molecule has 2 amide bonds. The molecule has 5 nitrogen and oxygen atoms in total. The van der Waals surface area contributed by atoms with Crippen LogP contribution in [0.2, 0.25) is 5.02 Å². The third-order valence-corrected chi connectivity index (χ3v) is 7.33. The highest BCUT2D eigenvalue weighted by Gasteiger charge is 2.46. The van der Waals surface area contributed by atoms with Crippen molar-refractivity contribution in [3.05, 3.63) is 69.7 Å². The molecule has 3 aliphatic rings. The first-order valence-electron chi connectivity index (χ1n) is 11.2. The number of rotatable bonds is 3. The molecule has 0 unspecified atom stereocenters. The first kappa shape index (κ1) is 20.5. The van der Waals surface area contributed by atoms with Crippen molar-refractivity contribution in [2.24, 2.45) is 5.92 Å². The highest BCUT2D eigenvalue weighted by Crippen LogP contribution is 2.43. The fourth-order valence-corrected chi connectivity index (χ4v) is 5.81. The molecule has 31 heavy (non-hydrogen) atoms. The van der Waals surface area contributed by atoms with E-state index in [4.69, 9.17) is 11.6 Å². The number of amides is 2. The topological polar surface area (TPSA) is 61.4 Å². The molecule has 2 aromatic carbocycles. The molecule has 0 radical (unpaired) electrons. The average Bonchev–Trinajstić information content (AvgIpc) is 2.79. The largest absolute Gasteiger partial charge is 0.346 e. The van der Waals surface area contributed by atoms with Gasteiger partial charge in [0.15, 0.2) is 0 Å². The summed E-state index contributed by atoms with van der Waals surface area (Å²) >= 11 is 6.42. The predicted molar refractivity (Wildman–Crippen MR) is 121 cm³/mol. The highest BCUT2D eigenvalue weighted by molar-refractivity contribution is 6.31. The SMILES string of the molecule is C[C@@H](NC(=O)c1cc(Cl)cc2c1[C@H]1C[C@H]3NCCC[C@H]3C(=O)N1CC2)c1ccccc1. The first-order chi connectivity index (χ1) is 15.0. The summed E-state index contributed by atoms with van der Waals surface area (Å²) in [5.41, 5.74) is 3.72. The van der Waals surface area contributed by atoms with Crippen molar-refractivity contribution in [1.82, 2.24) is 15.5 Å². The number of piperidine rings is 2. The molecular weight excluding hydrogens is 410 g/mol. The van der Waals surface area contributed by atoms with Gasteiger partial charge < -0.3 is 15.5 Å². The van der Waals surface area contributed by atoms with Gasteiger partial charge in [-0.1, -0.05) is 41.9 Å². The second-order valence-corrected chi connectivity index (χ2v) is 9.41. The second-order valence-electron chi connectivity index (χ2n) is 8.97. The van der Waals surface area contributed by atoms with Crippen molar-refractivity contribution >= 4 is 23.4 Å². The molecule has 0 bridgehead atoms. The molecule has 0 saturated carbocycles. The van der Waals surface area contributed by atoms with Gasteiger partial charge in [-0.15, -0.1) is 0 Å². The lowest BCUT2D eigenvalue weighted by Crippen LogP contribution is -2.58. The molecule has 0 aromatic heterocycles. The Labute approximate surface area is 188 Å². The Morgan fingerprint density at radius 2 is 2.06 bits per heavy atom. The third kappa shape index (κ3) is 3.74. The van der Waals surface area contributed by atoms with Crippen LogP contribution >= 0.6 is 11.6 Å². The minimum atomic E-state index is -0.136. The number of fused-ring (bicyclic) bond motifs is 4. The van der Waals surface area contributed by atoms with E-state index in [1.165, 1.54) is 0 Å². The molecule has 0 spiro atoms. The maximum atomic E-state index is 13.4. The molecule has 2 saturated heterocycles. The summed E-state index contributed by atoms with van der Waals surface area (Å²) in [6, 6.07) is 13.6. The van der Waals surface area contributed by atoms with Crippen LogP contribution in [-0.4, -0.2) is 35.8 Å². The van der Waals surface area contributed by atoms with E-state index in [0.717, 1.165) is 48.9 Å². The van der Waals surface area contributed by atoms with Crippen molar-refractivity contribution in [3.63, 3.8) is 0 Å². The van der Waals surface area contributed by atoms with Crippen LogP contribution in [-0.2, 0) is 11.2 Å². The highest BCUT2D eigenvalue weighted by atomic mass is 35.5. The van der Waals surface area contributed by atoms with Gasteiger partial charge in [0.1, 0.15) is 0 Å². The van der Waals surface area contributed by atoms with Crippen molar-refractivity contribution in [1.29, 1.82) is 0 Å². The van der Waals surface area contributed by atoms with Crippen LogP contribution in [0.1, 0.15) is 65.3 Å². The summed E-state index contributed by atoms with van der Waals surface area (Å²) in [5.74, 6) is 0.162. The van der Waals surface area contributed by atoms with Crippen molar-refractivity contribution in [3.8, 4) is 0 Å². The zero-order valence-electron chi connectivity index (χ0n) is 17.7. The van der Waals surface area contributed by atoms with E-state index in [1.807, 2.05) is 48.2 Å². The minimum absolute atomic E-state index is 0.0641. The Morgan fingerprint density at radius 3 is 2.87 bits per heavy atom. The number of benzene rings is 2. The standard InChI is InChI=1S/C25H28ClN3O2/c1-15(16-6-3-2-4-7-16)28-24(30)20-13-18(26)12-17-9-11-29-22(23(17)20)14-21-19(25(29)31)8-5-10-27-21/h2-4,6-7,12-13,15,19,21-22,27H,5,8-11,14H2,1H3,(H,28,30)/t15-,19-,21-,22-/m1/s1. The lowest BCUT2D eigenvalue weighted by molar-refractivity contribution is -0.145. The second kappa shape index (κ2) is 8.29. The average molecular weight is 438 g/mol. The van der Waals surface area contributed by atoms with Crippen LogP contribution in [0.3, 0.4) is 0 Å². The van der Waals surface area contributed by atoms with Crippen LogP contribution < -0.4 is 10.6 Å². The Morgan fingerprint density at radius 1 is 1.26 bits per heavy atom. The molecule has 3 aliphatic heterocycles. The molecule has 3 heterocycles. The summed E-state index contributed by atoms with van der Waals surface area (Å²) in [5, 5.41) is 7.26. The van der Waals surface area contributed by atoms with Crippen LogP contribution in [0, 0.1) is 5.92 Å². The van der Waals surface area contributed by atoms with Gasteiger partial charge in [-0.25, -0.2) is 0 Å². The maximum Gasteiger partial charge on any atom is 0.252 e. The van der Waals surface area contributed by atoms with Gasteiger partial charge in [0.05, 0.1) is 18.0 Å². The molecule has 2 aromatic rings. The molecule has 5 rings (SSSR count). The van der Waals surface area contributed by atoms with Gasteiger partial charge in [0, 0.05) is 23.2 Å². The normalized spacial score (nSPS) is 25.8. The van der Waals surface area contributed by atoms with E-state index >= 15 is 0 Å². The summed E-state index contributed by atoms with van der Waals surface area (Å²) in [6.45, 7) is 3.63. The van der Waals surface area contributed by atoms with E-state index in [9.17, 15) is 9.59 Å². The number of halogens is 1. The molecule has 162 valence electrons. The van der Waals surface area contributed by atoms with Gasteiger partial charge in [-0.05, 0) is 68.0 Å². The number of hydrogen-bond donors (Lipinski definition) is 2. The summed E-state index contributed by atoms with van der Waals surface area (Å²) in [7, 11) is 0. The number of hydrogen-bond acceptors (Lipinski definition) is 3. The fraction of sp³-hybridized carbons (Fsp3) is 0.440. The van der Waals surface area contributed by atoms with Crippen LogP contribution in [0.25, 0.3) is 0 Å².